The molecular formula is C35H38BrNO2S2. The molecule has 0 bridgehead atoms. The molecule has 0 unspecified atom stereocenters. The van der Waals surface area contributed by atoms with Gasteiger partial charge in [-0.1, -0.05) is 64.5 Å². The monoisotopic (exact) mass is 647 g/mol. The summed E-state index contributed by atoms with van der Waals surface area (Å²) in [6, 6.07) is 18.9. The molecule has 2 aromatic carbocycles. The minimum Gasteiger partial charge on any atom is -0.492 e. The predicted molar refractivity (Wildman–Crippen MR) is 182 cm³/mol. The number of ether oxygens (including phenoxy) is 2. The first kappa shape index (κ1) is 31.1. The highest BCUT2D eigenvalue weighted by molar-refractivity contribution is 9.11. The molecule has 4 aromatic rings. The maximum atomic E-state index is 9.21. The number of nitriles is 1. The second-order valence-corrected chi connectivity index (χ2v) is 13.6. The number of hydrogen-bond acceptors (Lipinski definition) is 5. The molecule has 214 valence electrons. The molecular weight excluding hydrogens is 610 g/mol. The first-order chi connectivity index (χ1) is 20.1. The Hall–Kier alpha value is -2.85. The summed E-state index contributed by atoms with van der Waals surface area (Å²) in [5, 5.41) is 11.3. The summed E-state index contributed by atoms with van der Waals surface area (Å²) >= 11 is 6.78. The molecule has 0 spiro atoms. The van der Waals surface area contributed by atoms with Gasteiger partial charge in [0.2, 0.25) is 0 Å². The van der Waals surface area contributed by atoms with Crippen LogP contribution < -0.4 is 9.47 Å². The number of hydrogen-bond donors (Lipinski definition) is 0. The van der Waals surface area contributed by atoms with E-state index in [2.05, 4.69) is 96.5 Å². The highest BCUT2D eigenvalue weighted by Crippen LogP contribution is 2.39. The van der Waals surface area contributed by atoms with Gasteiger partial charge in [0.25, 0.3) is 0 Å². The molecule has 0 radical (unpaired) electrons. The van der Waals surface area contributed by atoms with Crippen molar-refractivity contribution in [3.63, 3.8) is 0 Å². The van der Waals surface area contributed by atoms with E-state index in [1.54, 1.807) is 11.3 Å². The maximum Gasteiger partial charge on any atom is 0.134 e. The summed E-state index contributed by atoms with van der Waals surface area (Å²) in [6.45, 7) is 5.83. The van der Waals surface area contributed by atoms with Crippen LogP contribution in [0.3, 0.4) is 0 Å². The van der Waals surface area contributed by atoms with Crippen LogP contribution in [-0.4, -0.2) is 13.2 Å². The first-order valence-electron chi connectivity index (χ1n) is 14.6. The summed E-state index contributed by atoms with van der Waals surface area (Å²) in [5.74, 6) is 1.80. The van der Waals surface area contributed by atoms with Crippen molar-refractivity contribution >= 4 is 73.7 Å². The Bertz CT molecular complexity index is 1510. The molecule has 3 nitrogen and oxygen atoms in total. The fourth-order valence-electron chi connectivity index (χ4n) is 4.64. The normalized spacial score (nSPS) is 11.6. The Kier molecular flexibility index (Phi) is 12.6. The predicted octanol–water partition coefficient (Wildman–Crippen LogP) is 11.9. The Morgan fingerprint density at radius 3 is 1.66 bits per heavy atom. The number of fused-ring (bicyclic) bond motifs is 1. The van der Waals surface area contributed by atoms with E-state index in [0.29, 0.717) is 18.1 Å². The van der Waals surface area contributed by atoms with Gasteiger partial charge >= 0.3 is 0 Å². The number of rotatable bonds is 16. The van der Waals surface area contributed by atoms with Crippen LogP contribution in [0, 0.1) is 11.3 Å². The SMILES string of the molecule is CCCCCCOc1c(/C=C/c2ccc(Br)s2)ccc2c(OCCCCCC)c(/C=C/c3ccc(C#N)s3)ccc12. The summed E-state index contributed by atoms with van der Waals surface area (Å²) in [5.41, 5.74) is 2.10. The van der Waals surface area contributed by atoms with Crippen LogP contribution in [0.2, 0.25) is 0 Å². The minimum atomic E-state index is 0.680. The summed E-state index contributed by atoms with van der Waals surface area (Å²) in [7, 11) is 0. The number of benzene rings is 2. The third kappa shape index (κ3) is 9.07. The number of halogens is 1. The first-order valence-corrected chi connectivity index (χ1v) is 17.0. The zero-order valence-corrected chi connectivity index (χ0v) is 27.2. The molecule has 6 heteroatoms. The van der Waals surface area contributed by atoms with Gasteiger partial charge < -0.3 is 9.47 Å². The molecule has 0 N–H and O–H groups in total. The van der Waals surface area contributed by atoms with Gasteiger partial charge in [-0.15, -0.1) is 22.7 Å². The zero-order valence-electron chi connectivity index (χ0n) is 24.0. The van der Waals surface area contributed by atoms with Crippen molar-refractivity contribution in [2.45, 2.75) is 65.2 Å². The van der Waals surface area contributed by atoms with Crippen molar-refractivity contribution < 1.29 is 9.47 Å². The number of thiophene rings is 2. The Balaban J connectivity index is 1.72. The van der Waals surface area contributed by atoms with Crippen molar-refractivity contribution in [1.82, 2.24) is 0 Å². The smallest absolute Gasteiger partial charge is 0.134 e. The molecule has 41 heavy (non-hydrogen) atoms. The highest BCUT2D eigenvalue weighted by Gasteiger charge is 2.15. The van der Waals surface area contributed by atoms with Gasteiger partial charge in [0, 0.05) is 31.7 Å². The van der Waals surface area contributed by atoms with E-state index in [0.717, 1.165) is 54.9 Å². The van der Waals surface area contributed by atoms with Crippen LogP contribution in [0.4, 0.5) is 0 Å². The molecule has 0 saturated heterocycles. The van der Waals surface area contributed by atoms with Crippen LogP contribution in [0.25, 0.3) is 35.1 Å². The van der Waals surface area contributed by atoms with E-state index in [9.17, 15) is 5.26 Å². The van der Waals surface area contributed by atoms with Gasteiger partial charge in [-0.3, -0.25) is 0 Å². The van der Waals surface area contributed by atoms with Crippen molar-refractivity contribution in [1.29, 1.82) is 5.26 Å². The summed E-state index contributed by atoms with van der Waals surface area (Å²) in [4.78, 5) is 2.95. The molecule has 0 amide bonds. The van der Waals surface area contributed by atoms with E-state index >= 15 is 0 Å². The Morgan fingerprint density at radius 1 is 0.659 bits per heavy atom. The fraction of sp³-hybridized carbons (Fsp3) is 0.343. The average molecular weight is 649 g/mol. The largest absolute Gasteiger partial charge is 0.492 e. The third-order valence-electron chi connectivity index (χ3n) is 6.84. The van der Waals surface area contributed by atoms with Crippen LogP contribution in [0.5, 0.6) is 11.5 Å². The molecule has 0 saturated carbocycles. The van der Waals surface area contributed by atoms with E-state index in [-0.39, 0.29) is 0 Å². The van der Waals surface area contributed by atoms with Crippen molar-refractivity contribution in [3.05, 3.63) is 78.1 Å². The Labute approximate surface area is 261 Å². The molecule has 0 aliphatic heterocycles. The standard InChI is InChI=1S/C35H38BrNO2S2/c1-3-5-7-9-23-38-34-26(11-15-28-17-18-30(25-37)40-28)13-20-32-31(34)21-14-27(12-16-29-19-22-33(36)41-29)35(32)39-24-10-8-6-4-2/h11-22H,3-10,23-24H2,1-2H3/b15-11+,16-12+. The topological polar surface area (TPSA) is 42.2 Å². The van der Waals surface area contributed by atoms with Gasteiger partial charge in [-0.2, -0.15) is 5.26 Å². The van der Waals surface area contributed by atoms with Crippen LogP contribution in [0.1, 0.15) is 91.0 Å². The van der Waals surface area contributed by atoms with Gasteiger partial charge in [0.1, 0.15) is 22.4 Å². The second-order valence-electron chi connectivity index (χ2n) is 10.0. The molecule has 0 aliphatic rings. The lowest BCUT2D eigenvalue weighted by Gasteiger charge is -2.17. The van der Waals surface area contributed by atoms with Crippen LogP contribution in [-0.2, 0) is 0 Å². The fourth-order valence-corrected chi connectivity index (χ4v) is 6.67. The van der Waals surface area contributed by atoms with E-state index in [4.69, 9.17) is 9.47 Å². The lowest BCUT2D eigenvalue weighted by molar-refractivity contribution is 0.305. The molecule has 0 atom stereocenters. The van der Waals surface area contributed by atoms with E-state index < -0.39 is 0 Å². The maximum absolute atomic E-state index is 9.21. The summed E-state index contributed by atoms with van der Waals surface area (Å²) < 4.78 is 14.2. The third-order valence-corrected chi connectivity index (χ3v) is 9.38. The number of unbranched alkanes of at least 4 members (excludes halogenated alkanes) is 6. The van der Waals surface area contributed by atoms with Crippen molar-refractivity contribution in [3.8, 4) is 17.6 Å². The zero-order chi connectivity index (χ0) is 28.9. The van der Waals surface area contributed by atoms with Crippen LogP contribution >= 0.6 is 38.6 Å². The van der Waals surface area contributed by atoms with Gasteiger partial charge in [-0.25, -0.2) is 0 Å². The van der Waals surface area contributed by atoms with Gasteiger partial charge in [0.05, 0.1) is 17.0 Å². The quantitative estimate of drug-likeness (QED) is 0.114. The lowest BCUT2D eigenvalue weighted by atomic mass is 10.0. The molecule has 2 heterocycles. The second kappa shape index (κ2) is 16.6. The van der Waals surface area contributed by atoms with Crippen molar-refractivity contribution in [2.75, 3.05) is 13.2 Å². The highest BCUT2D eigenvalue weighted by atomic mass is 79.9. The summed E-state index contributed by atoms with van der Waals surface area (Å²) in [6.07, 6.45) is 17.7. The molecule has 0 fully saturated rings. The van der Waals surface area contributed by atoms with Gasteiger partial charge in [-0.05, 0) is 89.5 Å². The number of nitrogens with zero attached hydrogens (tertiary/aromatic N) is 1. The Morgan fingerprint density at radius 2 is 1.20 bits per heavy atom. The molecule has 4 rings (SSSR count). The minimum absolute atomic E-state index is 0.680. The molecule has 2 aromatic heterocycles. The van der Waals surface area contributed by atoms with E-state index in [1.165, 1.54) is 54.7 Å². The molecule has 0 aliphatic carbocycles. The van der Waals surface area contributed by atoms with E-state index in [1.807, 2.05) is 12.1 Å². The lowest BCUT2D eigenvalue weighted by Crippen LogP contribution is -2.02. The van der Waals surface area contributed by atoms with Crippen molar-refractivity contribution in [2.24, 2.45) is 0 Å². The average Bonchev–Trinajstić information content (AvgIpc) is 3.63. The van der Waals surface area contributed by atoms with Gasteiger partial charge in [0.15, 0.2) is 0 Å². The van der Waals surface area contributed by atoms with Crippen LogP contribution in [0.15, 0.2) is 52.3 Å².